The van der Waals surface area contributed by atoms with Crippen LogP contribution in [-0.4, -0.2) is 75.6 Å². The lowest BCUT2D eigenvalue weighted by molar-refractivity contribution is -0.277. The average molecular weight is 655 g/mol. The Labute approximate surface area is 279 Å². The van der Waals surface area contributed by atoms with E-state index in [-0.39, 0.29) is 24.9 Å². The van der Waals surface area contributed by atoms with Crippen LogP contribution in [0.5, 0.6) is 0 Å². The molecule has 48 heavy (non-hydrogen) atoms. The van der Waals surface area contributed by atoms with E-state index >= 15 is 0 Å². The fourth-order valence-corrected chi connectivity index (χ4v) is 9.81. The number of aromatic nitrogens is 1. The Morgan fingerprint density at radius 2 is 1.77 bits per heavy atom. The average Bonchev–Trinajstić information content (AvgIpc) is 3.64. The highest BCUT2D eigenvalue weighted by atomic mass is 16.8. The zero-order chi connectivity index (χ0) is 33.9. The van der Waals surface area contributed by atoms with E-state index in [0.29, 0.717) is 24.8 Å². The van der Waals surface area contributed by atoms with Gasteiger partial charge in [0.15, 0.2) is 17.7 Å². The summed E-state index contributed by atoms with van der Waals surface area (Å²) in [5.41, 5.74) is 0.225. The molecule has 1 unspecified atom stereocenters. The predicted molar refractivity (Wildman–Crippen MR) is 175 cm³/mol. The molecule has 1 aromatic heterocycles. The van der Waals surface area contributed by atoms with Crippen LogP contribution < -0.4 is 0 Å². The first kappa shape index (κ1) is 31.3. The van der Waals surface area contributed by atoms with E-state index in [1.807, 2.05) is 56.3 Å². The van der Waals surface area contributed by atoms with Gasteiger partial charge in [-0.2, -0.15) is 0 Å². The maximum absolute atomic E-state index is 13.7. The van der Waals surface area contributed by atoms with Gasteiger partial charge in [0.1, 0.15) is 30.5 Å². The van der Waals surface area contributed by atoms with Crippen molar-refractivity contribution in [1.29, 1.82) is 0 Å². The van der Waals surface area contributed by atoms with Crippen LogP contribution in [-0.2, 0) is 47.0 Å². The van der Waals surface area contributed by atoms with Gasteiger partial charge in [0.2, 0.25) is 0 Å². The number of hydrogen-bond acceptors (Lipinski definition) is 8. The van der Waals surface area contributed by atoms with Crippen LogP contribution in [0.15, 0.2) is 66.2 Å². The van der Waals surface area contributed by atoms with Crippen LogP contribution in [0, 0.1) is 11.3 Å². The molecule has 0 radical (unpaired) electrons. The van der Waals surface area contributed by atoms with Crippen LogP contribution in [0.25, 0.3) is 10.9 Å². The molecule has 1 spiro atoms. The van der Waals surface area contributed by atoms with Gasteiger partial charge in [0, 0.05) is 46.5 Å². The number of esters is 1. The molecule has 3 heterocycles. The molecule has 3 aromatic rings. The van der Waals surface area contributed by atoms with Gasteiger partial charge >= 0.3 is 12.1 Å². The first-order chi connectivity index (χ1) is 22.7. The van der Waals surface area contributed by atoms with E-state index in [1.54, 1.807) is 0 Å². The Bertz CT molecular complexity index is 1880. The quantitative estimate of drug-likeness (QED) is 0.364. The number of aromatic amines is 1. The van der Waals surface area contributed by atoms with E-state index in [2.05, 4.69) is 31.0 Å². The number of H-pyrrole nitrogens is 1. The molecule has 3 fully saturated rings. The fourth-order valence-electron chi connectivity index (χ4n) is 9.81. The summed E-state index contributed by atoms with van der Waals surface area (Å²) in [5.74, 6) is -2.28. The lowest BCUT2D eigenvalue weighted by Gasteiger charge is -2.67. The SMILES string of the molecule is CN(CC(=O)O[C@H]1C[C@H]2Cc3c([nH]c4ccccc34)[C@]2(C)C2(C)CC[C@@]34O[C@@H](C(=O)C=C3[C@]12O)C(C)(C)O4)C(=O)OCc1ccccc1. The molecule has 1 saturated heterocycles. The Morgan fingerprint density at radius 3 is 2.54 bits per heavy atom. The maximum Gasteiger partial charge on any atom is 0.410 e. The van der Waals surface area contributed by atoms with Crippen molar-refractivity contribution >= 4 is 28.7 Å². The van der Waals surface area contributed by atoms with Crippen molar-refractivity contribution in [3.8, 4) is 0 Å². The van der Waals surface area contributed by atoms with Gasteiger partial charge in [-0.3, -0.25) is 9.59 Å². The molecule has 8 rings (SSSR count). The normalized spacial score (nSPS) is 35.6. The highest BCUT2D eigenvalue weighted by Gasteiger charge is 2.78. The number of para-hydroxylation sites is 1. The number of ketones is 1. The third kappa shape index (κ3) is 4.05. The van der Waals surface area contributed by atoms with Crippen LogP contribution in [0.4, 0.5) is 4.79 Å². The first-order valence-corrected chi connectivity index (χ1v) is 16.8. The van der Waals surface area contributed by atoms with Crippen molar-refractivity contribution in [2.45, 2.75) is 94.6 Å². The number of fused-ring (bicyclic) bond motifs is 9. The molecule has 7 atom stereocenters. The van der Waals surface area contributed by atoms with Crippen molar-refractivity contribution in [3.63, 3.8) is 0 Å². The Morgan fingerprint density at radius 1 is 1.04 bits per heavy atom. The monoisotopic (exact) mass is 654 g/mol. The summed E-state index contributed by atoms with van der Waals surface area (Å²) < 4.78 is 24.7. The topological polar surface area (TPSA) is 127 Å². The number of rotatable bonds is 5. The second-order valence-electron chi connectivity index (χ2n) is 15.3. The molecule has 2 N–H and O–H groups in total. The summed E-state index contributed by atoms with van der Waals surface area (Å²) >= 11 is 0. The smallest absolute Gasteiger partial charge is 0.410 e. The molecule has 2 aliphatic heterocycles. The summed E-state index contributed by atoms with van der Waals surface area (Å²) in [6.45, 7) is 7.59. The van der Waals surface area contributed by atoms with Gasteiger partial charge in [-0.1, -0.05) is 62.4 Å². The number of carbonyl (C=O) groups is 3. The largest absolute Gasteiger partial charge is 0.458 e. The molecular weight excluding hydrogens is 612 g/mol. The molecule has 5 aliphatic rings. The third-order valence-corrected chi connectivity index (χ3v) is 12.4. The highest BCUT2D eigenvalue weighted by Crippen LogP contribution is 2.72. The summed E-state index contributed by atoms with van der Waals surface area (Å²) in [4.78, 5) is 45.0. The number of nitrogens with one attached hydrogen (secondary N) is 1. The van der Waals surface area contributed by atoms with Gasteiger partial charge in [0.25, 0.3) is 0 Å². The van der Waals surface area contributed by atoms with Crippen molar-refractivity contribution in [2.24, 2.45) is 11.3 Å². The van der Waals surface area contributed by atoms with Crippen LogP contribution in [0.2, 0.25) is 0 Å². The Kier molecular flexibility index (Phi) is 6.69. The molecule has 3 aliphatic carbocycles. The van der Waals surface area contributed by atoms with Crippen molar-refractivity contribution < 1.29 is 38.4 Å². The predicted octanol–water partition coefficient (Wildman–Crippen LogP) is 5.11. The summed E-state index contributed by atoms with van der Waals surface area (Å²) in [6, 6.07) is 17.5. The minimum absolute atomic E-state index is 0.0172. The summed E-state index contributed by atoms with van der Waals surface area (Å²) in [6.07, 6.45) is 0.978. The molecule has 2 bridgehead atoms. The summed E-state index contributed by atoms with van der Waals surface area (Å²) in [5, 5.41) is 14.6. The van der Waals surface area contributed by atoms with Crippen molar-refractivity contribution in [1.82, 2.24) is 9.88 Å². The van der Waals surface area contributed by atoms with E-state index in [1.165, 1.54) is 18.7 Å². The second-order valence-corrected chi connectivity index (χ2v) is 15.3. The molecule has 252 valence electrons. The molecule has 2 saturated carbocycles. The Hall–Kier alpha value is -3.99. The molecule has 10 nitrogen and oxygen atoms in total. The van der Waals surface area contributed by atoms with Crippen molar-refractivity contribution in [2.75, 3.05) is 13.6 Å². The number of aliphatic hydroxyl groups is 1. The van der Waals surface area contributed by atoms with E-state index < -0.39 is 52.1 Å². The van der Waals surface area contributed by atoms with Gasteiger partial charge < -0.3 is 33.9 Å². The number of amides is 1. The maximum atomic E-state index is 13.7. The molecule has 1 amide bonds. The number of hydrogen-bond donors (Lipinski definition) is 2. The van der Waals surface area contributed by atoms with Crippen molar-refractivity contribution in [3.05, 3.63) is 83.1 Å². The van der Waals surface area contributed by atoms with E-state index in [9.17, 15) is 19.5 Å². The first-order valence-electron chi connectivity index (χ1n) is 16.8. The zero-order valence-electron chi connectivity index (χ0n) is 28.0. The van der Waals surface area contributed by atoms with Gasteiger partial charge in [-0.15, -0.1) is 0 Å². The standard InChI is InChI=1S/C38H42N2O8/c1-34(2)32-27(41)19-28-37(47-32,48-34)16-15-35(3)36(4)23(17-25-24-13-9-10-14-26(24)39-31(25)36)18-29(38(28,35)44)46-30(42)20-40(5)33(43)45-21-22-11-7-6-8-12-22/h6-14,19,23,29,32,39,44H,15-18,20-21H2,1-5H3/t23-,29+,32+,35?,36-,37+,38+/m1/s1. The molecule has 2 aromatic carbocycles. The second kappa shape index (κ2) is 10.3. The zero-order valence-corrected chi connectivity index (χ0v) is 28.0. The van der Waals surface area contributed by atoms with Crippen LogP contribution in [0.3, 0.4) is 0 Å². The lowest BCUT2D eigenvalue weighted by atomic mass is 9.41. The number of likely N-dealkylation sites (N-methyl/N-ethyl adjacent to an activating group) is 1. The summed E-state index contributed by atoms with van der Waals surface area (Å²) in [7, 11) is 1.47. The van der Waals surface area contributed by atoms with E-state index in [0.717, 1.165) is 33.5 Å². The number of nitrogens with zero attached hydrogens (tertiary/aromatic N) is 1. The minimum atomic E-state index is -1.83. The highest BCUT2D eigenvalue weighted by molar-refractivity contribution is 5.97. The Balaban J connectivity index is 1.15. The minimum Gasteiger partial charge on any atom is -0.458 e. The van der Waals surface area contributed by atoms with E-state index in [4.69, 9.17) is 18.9 Å². The molecule has 10 heteroatoms. The van der Waals surface area contributed by atoms with Gasteiger partial charge in [0.05, 0.1) is 0 Å². The molecular formula is C38H42N2O8. The van der Waals surface area contributed by atoms with Gasteiger partial charge in [-0.25, -0.2) is 4.79 Å². The van der Waals surface area contributed by atoms with Crippen LogP contribution in [0.1, 0.15) is 63.8 Å². The number of benzene rings is 2. The lowest BCUT2D eigenvalue weighted by Crippen LogP contribution is -2.75. The fraction of sp³-hybridized carbons (Fsp3) is 0.500. The van der Waals surface area contributed by atoms with Gasteiger partial charge in [-0.05, 0) is 62.3 Å². The number of carbonyl (C=O) groups excluding carboxylic acids is 3. The third-order valence-electron chi connectivity index (χ3n) is 12.4. The van der Waals surface area contributed by atoms with Crippen LogP contribution >= 0.6 is 0 Å². The number of ether oxygens (including phenoxy) is 4.